The lowest BCUT2D eigenvalue weighted by Gasteiger charge is -2.30. The lowest BCUT2D eigenvalue weighted by molar-refractivity contribution is -0.123. The first-order valence-corrected chi connectivity index (χ1v) is 15.3. The van der Waals surface area contributed by atoms with Gasteiger partial charge < -0.3 is 25.6 Å². The Hall–Kier alpha value is -3.93. The van der Waals surface area contributed by atoms with E-state index in [1.165, 1.54) is 19.2 Å². The molecule has 1 aliphatic heterocycles. The number of primary amides is 1. The van der Waals surface area contributed by atoms with Crippen LogP contribution in [0.1, 0.15) is 54.2 Å². The van der Waals surface area contributed by atoms with Gasteiger partial charge in [-0.2, -0.15) is 5.10 Å². The van der Waals surface area contributed by atoms with Crippen LogP contribution >= 0.6 is 23.2 Å². The van der Waals surface area contributed by atoms with Gasteiger partial charge in [0.2, 0.25) is 5.91 Å². The molecule has 3 aliphatic rings. The van der Waals surface area contributed by atoms with Gasteiger partial charge in [-0.25, -0.2) is 9.37 Å². The number of pyridine rings is 1. The summed E-state index contributed by atoms with van der Waals surface area (Å²) >= 11 is 13.0. The molecular formula is C32H30Cl2FN5O5. The van der Waals surface area contributed by atoms with Crippen LogP contribution in [0, 0.1) is 11.7 Å². The number of fused-ring (bicyclic) bond motifs is 2. The predicted molar refractivity (Wildman–Crippen MR) is 165 cm³/mol. The molecule has 0 radical (unpaired) electrons. The fourth-order valence-corrected chi connectivity index (χ4v) is 6.36. The van der Waals surface area contributed by atoms with E-state index in [1.54, 1.807) is 36.0 Å². The van der Waals surface area contributed by atoms with Gasteiger partial charge in [0, 0.05) is 28.3 Å². The molecule has 0 saturated heterocycles. The lowest BCUT2D eigenvalue weighted by atomic mass is 9.81. The standard InChI is InChI=1S/C32H30Cl2FN5O5/c1-30(29(36)42)15-45-27-21(30)12-24(38-26(27)20-6-5-19(35)11-22(20)33)32(43,18-3-4-18)14-37-28(41)16-9-17-13-40(31(34)7-8-31)39-25(17)23(10-16)44-2/h5-6,9-13,18,43H,3-4,7-8,14-15H2,1-2H3,(H2,36,42)(H,37,41)/t30-,32+/m0/s1. The van der Waals surface area contributed by atoms with Gasteiger partial charge in [-0.15, -0.1) is 0 Å². The lowest BCUT2D eigenvalue weighted by Crippen LogP contribution is -2.44. The van der Waals surface area contributed by atoms with E-state index in [4.69, 9.17) is 43.4 Å². The molecule has 2 aliphatic carbocycles. The first-order valence-electron chi connectivity index (χ1n) is 14.6. The number of aliphatic hydroxyl groups is 1. The maximum absolute atomic E-state index is 14.0. The molecule has 4 N–H and O–H groups in total. The number of nitrogens with zero attached hydrogens (tertiary/aromatic N) is 3. The zero-order chi connectivity index (χ0) is 31.9. The summed E-state index contributed by atoms with van der Waals surface area (Å²) in [7, 11) is 1.50. The quantitative estimate of drug-likeness (QED) is 0.221. The first kappa shape index (κ1) is 29.8. The maximum atomic E-state index is 14.0. The Morgan fingerprint density at radius 1 is 1.27 bits per heavy atom. The number of halogens is 3. The van der Waals surface area contributed by atoms with E-state index >= 15 is 0 Å². The van der Waals surface area contributed by atoms with Crippen molar-refractivity contribution in [3.8, 4) is 22.8 Å². The molecule has 0 spiro atoms. The van der Waals surface area contributed by atoms with Crippen LogP contribution in [0.4, 0.5) is 4.39 Å². The summed E-state index contributed by atoms with van der Waals surface area (Å²) in [4.78, 5) is 30.4. The van der Waals surface area contributed by atoms with Crippen molar-refractivity contribution in [2.75, 3.05) is 20.3 Å². The van der Waals surface area contributed by atoms with Crippen molar-refractivity contribution < 1.29 is 28.6 Å². The number of benzene rings is 2. The van der Waals surface area contributed by atoms with Gasteiger partial charge in [-0.05, 0) is 74.9 Å². The number of aromatic nitrogens is 3. The third-order valence-corrected chi connectivity index (χ3v) is 10.0. The number of hydrogen-bond donors (Lipinski definition) is 3. The number of carbonyl (C=O) groups is 2. The van der Waals surface area contributed by atoms with Gasteiger partial charge in [0.05, 0.1) is 24.4 Å². The van der Waals surface area contributed by atoms with Crippen LogP contribution in [0.5, 0.6) is 11.5 Å². The normalized spacial score (nSPS) is 21.1. The number of alkyl halides is 1. The minimum atomic E-state index is -1.62. The Kier molecular flexibility index (Phi) is 6.81. The van der Waals surface area contributed by atoms with Crippen molar-refractivity contribution in [3.05, 3.63) is 70.3 Å². The number of nitrogens with two attached hydrogens (primary N) is 1. The fraction of sp³-hybridized carbons (Fsp3) is 0.375. The van der Waals surface area contributed by atoms with Crippen LogP contribution < -0.4 is 20.5 Å². The summed E-state index contributed by atoms with van der Waals surface area (Å²) in [6.45, 7) is 1.43. The summed E-state index contributed by atoms with van der Waals surface area (Å²) in [5, 5.41) is 20.5. The van der Waals surface area contributed by atoms with Crippen LogP contribution in [0.3, 0.4) is 0 Å². The highest BCUT2D eigenvalue weighted by Gasteiger charge is 2.50. The number of hydrogen-bond acceptors (Lipinski definition) is 7. The summed E-state index contributed by atoms with van der Waals surface area (Å²) < 4.78 is 27.1. The predicted octanol–water partition coefficient (Wildman–Crippen LogP) is 4.75. The molecule has 0 bridgehead atoms. The van der Waals surface area contributed by atoms with Gasteiger partial charge in [0.15, 0.2) is 0 Å². The zero-order valence-electron chi connectivity index (χ0n) is 24.5. The molecule has 2 amide bonds. The second-order valence-electron chi connectivity index (χ2n) is 12.3. The van der Waals surface area contributed by atoms with Crippen LogP contribution in [-0.4, -0.2) is 51.9 Å². The molecule has 7 rings (SSSR count). The maximum Gasteiger partial charge on any atom is 0.251 e. The molecule has 4 aromatic rings. The van der Waals surface area contributed by atoms with Crippen LogP contribution in [0.25, 0.3) is 22.2 Å². The summed E-state index contributed by atoms with van der Waals surface area (Å²) in [5.41, 5.74) is 5.11. The Bertz CT molecular complexity index is 1910. The van der Waals surface area contributed by atoms with E-state index in [9.17, 15) is 19.1 Å². The van der Waals surface area contributed by atoms with Crippen molar-refractivity contribution in [1.82, 2.24) is 20.1 Å². The average molecular weight is 655 g/mol. The van der Waals surface area contributed by atoms with E-state index < -0.39 is 33.6 Å². The zero-order valence-corrected chi connectivity index (χ0v) is 26.0. The van der Waals surface area contributed by atoms with E-state index in [2.05, 4.69) is 10.4 Å². The van der Waals surface area contributed by atoms with Crippen molar-refractivity contribution in [2.45, 2.75) is 48.6 Å². The van der Waals surface area contributed by atoms with E-state index in [0.29, 0.717) is 46.2 Å². The summed E-state index contributed by atoms with van der Waals surface area (Å²) in [6.07, 6.45) is 4.79. The highest BCUT2D eigenvalue weighted by molar-refractivity contribution is 6.33. The number of ether oxygens (including phenoxy) is 2. The second-order valence-corrected chi connectivity index (χ2v) is 13.4. The molecule has 10 nitrogen and oxygen atoms in total. The van der Waals surface area contributed by atoms with E-state index in [-0.39, 0.29) is 41.2 Å². The number of rotatable bonds is 9. The SMILES string of the molecule is COc1cc(C(=O)NC[C@](O)(c2cc3c(c(-c4ccc(F)cc4Cl)n2)OC[C@]3(C)C(N)=O)C2CC2)cc2cn(C3(Cl)CC3)nc12. The van der Waals surface area contributed by atoms with Crippen molar-refractivity contribution in [3.63, 3.8) is 0 Å². The number of methoxy groups -OCH3 is 1. The van der Waals surface area contributed by atoms with Crippen molar-refractivity contribution >= 4 is 45.9 Å². The summed E-state index contributed by atoms with van der Waals surface area (Å²) in [6, 6.07) is 8.77. The van der Waals surface area contributed by atoms with Crippen LogP contribution in [0.2, 0.25) is 5.02 Å². The average Bonchev–Trinajstić information content (AvgIpc) is 3.93. The monoisotopic (exact) mass is 653 g/mol. The summed E-state index contributed by atoms with van der Waals surface area (Å²) in [5.74, 6) is -1.12. The van der Waals surface area contributed by atoms with Gasteiger partial charge in [0.1, 0.15) is 51.1 Å². The van der Waals surface area contributed by atoms with Crippen LogP contribution in [0.15, 0.2) is 42.6 Å². The molecule has 3 heterocycles. The highest BCUT2D eigenvalue weighted by atomic mass is 35.5. The van der Waals surface area contributed by atoms with Crippen molar-refractivity contribution in [1.29, 1.82) is 0 Å². The molecule has 0 unspecified atom stereocenters. The van der Waals surface area contributed by atoms with Gasteiger partial charge in [0.25, 0.3) is 5.91 Å². The third kappa shape index (κ3) is 4.88. The highest BCUT2D eigenvalue weighted by Crippen LogP contribution is 2.51. The Morgan fingerprint density at radius 3 is 2.67 bits per heavy atom. The molecule has 2 saturated carbocycles. The molecule has 2 aromatic carbocycles. The molecule has 45 heavy (non-hydrogen) atoms. The van der Waals surface area contributed by atoms with Gasteiger partial charge >= 0.3 is 0 Å². The van der Waals surface area contributed by atoms with Crippen molar-refractivity contribution in [2.24, 2.45) is 11.7 Å². The fourth-order valence-electron chi connectivity index (χ4n) is 5.92. The Labute approximate surface area is 267 Å². The van der Waals surface area contributed by atoms with E-state index in [0.717, 1.165) is 18.9 Å². The smallest absolute Gasteiger partial charge is 0.251 e. The third-order valence-electron chi connectivity index (χ3n) is 9.15. The topological polar surface area (TPSA) is 142 Å². The molecule has 2 atom stereocenters. The Balaban J connectivity index is 1.26. The first-order chi connectivity index (χ1) is 21.4. The molecule has 2 fully saturated rings. The van der Waals surface area contributed by atoms with Gasteiger partial charge in [-0.3, -0.25) is 14.3 Å². The molecule has 2 aromatic heterocycles. The number of carbonyl (C=O) groups excluding carboxylic acids is 2. The second kappa shape index (κ2) is 10.3. The minimum absolute atomic E-state index is 0.0427. The van der Waals surface area contributed by atoms with E-state index in [1.807, 2.05) is 0 Å². The van der Waals surface area contributed by atoms with Crippen LogP contribution in [-0.2, 0) is 20.8 Å². The molecule has 13 heteroatoms. The largest absolute Gasteiger partial charge is 0.494 e. The Morgan fingerprint density at radius 2 is 2.02 bits per heavy atom. The molecular weight excluding hydrogens is 624 g/mol. The number of nitrogens with one attached hydrogen (secondary N) is 1. The molecule has 234 valence electrons. The van der Waals surface area contributed by atoms with Gasteiger partial charge in [-0.1, -0.05) is 23.2 Å². The minimum Gasteiger partial charge on any atom is -0.494 e. The number of amides is 2.